The zero-order valence-electron chi connectivity index (χ0n) is 23.2. The van der Waals surface area contributed by atoms with E-state index < -0.39 is 11.9 Å². The van der Waals surface area contributed by atoms with Gasteiger partial charge in [0.25, 0.3) is 0 Å². The van der Waals surface area contributed by atoms with Crippen molar-refractivity contribution < 1.29 is 23.4 Å². The molecule has 1 aliphatic carbocycles. The number of rotatable bonds is 4. The van der Waals surface area contributed by atoms with Crippen LogP contribution in [0, 0.1) is 18.2 Å². The summed E-state index contributed by atoms with van der Waals surface area (Å²) in [6.07, 6.45) is 7.57. The van der Waals surface area contributed by atoms with Crippen LogP contribution in [0.25, 0.3) is 21.9 Å². The Morgan fingerprint density at radius 3 is 2.80 bits per heavy atom. The van der Waals surface area contributed by atoms with Gasteiger partial charge in [0, 0.05) is 35.5 Å². The molecule has 2 saturated heterocycles. The maximum absolute atomic E-state index is 15.5. The van der Waals surface area contributed by atoms with E-state index in [-0.39, 0.29) is 17.2 Å². The summed E-state index contributed by atoms with van der Waals surface area (Å²) >= 11 is 0. The Hall–Kier alpha value is -3.70. The number of nitrogens with one attached hydrogen (secondary N) is 2. The third-order valence-electron chi connectivity index (χ3n) is 9.39. The van der Waals surface area contributed by atoms with Gasteiger partial charge in [-0.2, -0.15) is 0 Å². The summed E-state index contributed by atoms with van der Waals surface area (Å²) in [4.78, 5) is 24.1. The maximum Gasteiger partial charge on any atom is 0.413 e. The smallest absolute Gasteiger partial charge is 0.413 e. The number of hydrogen-bond acceptors (Lipinski definition) is 9. The first-order valence-corrected chi connectivity index (χ1v) is 14.4. The van der Waals surface area contributed by atoms with E-state index in [1.54, 1.807) is 18.3 Å². The Morgan fingerprint density at radius 1 is 1.20 bits per heavy atom. The summed E-state index contributed by atoms with van der Waals surface area (Å²) < 4.78 is 32.3. The van der Waals surface area contributed by atoms with E-state index in [1.165, 1.54) is 6.20 Å². The number of carbonyl (C=O) groups is 1. The molecular formula is C30H35FN6O4. The molecule has 7 rings (SSSR count). The molecule has 3 aliphatic heterocycles. The Labute approximate surface area is 237 Å². The fourth-order valence-electron chi connectivity index (χ4n) is 6.85. The summed E-state index contributed by atoms with van der Waals surface area (Å²) in [5, 5.41) is 7.16. The molecule has 5 heterocycles. The number of ether oxygens (including phenoxy) is 3. The molecule has 41 heavy (non-hydrogen) atoms. The summed E-state index contributed by atoms with van der Waals surface area (Å²) in [7, 11) is 0. The molecule has 11 heteroatoms. The minimum absolute atomic E-state index is 0.00686. The predicted molar refractivity (Wildman–Crippen MR) is 154 cm³/mol. The largest absolute Gasteiger partial charge is 0.474 e. The quantitative estimate of drug-likeness (QED) is 0.388. The molecular weight excluding hydrogens is 527 g/mol. The van der Waals surface area contributed by atoms with Crippen LogP contribution in [0.15, 0.2) is 24.5 Å². The molecule has 2 aromatic heterocycles. The number of nitrogens with zero attached hydrogens (tertiary/aromatic N) is 3. The van der Waals surface area contributed by atoms with Gasteiger partial charge >= 0.3 is 6.09 Å². The van der Waals surface area contributed by atoms with Gasteiger partial charge in [0.2, 0.25) is 5.88 Å². The van der Waals surface area contributed by atoms with Crippen molar-refractivity contribution in [1.29, 1.82) is 0 Å². The van der Waals surface area contributed by atoms with Crippen LogP contribution in [-0.2, 0) is 9.47 Å². The average Bonchev–Trinajstić information content (AvgIpc) is 3.33. The topological polar surface area (TPSA) is 124 Å². The molecule has 3 fully saturated rings. The monoisotopic (exact) mass is 562 g/mol. The number of carbonyl (C=O) groups excluding carboxylic acids is 1. The van der Waals surface area contributed by atoms with Crippen LogP contribution in [0.2, 0.25) is 0 Å². The number of piperidine rings is 1. The third-order valence-corrected chi connectivity index (χ3v) is 9.39. The maximum atomic E-state index is 15.5. The normalized spacial score (nSPS) is 22.0. The highest BCUT2D eigenvalue weighted by atomic mass is 19.1. The molecule has 1 aromatic carbocycles. The van der Waals surface area contributed by atoms with Crippen LogP contribution >= 0.6 is 0 Å². The number of pyridine rings is 2. The van der Waals surface area contributed by atoms with E-state index in [9.17, 15) is 4.79 Å². The SMILES string of the molecule is Cc1c(-c2cc3cc(NC(=O)OC4CCC5(CCN(C6COC6)CC5)C4)ncc3c(N)c2F)cnc2c1NCCO2. The van der Waals surface area contributed by atoms with Crippen LogP contribution in [0.1, 0.15) is 37.7 Å². The number of hydrogen-bond donors (Lipinski definition) is 3. The van der Waals surface area contributed by atoms with Crippen molar-refractivity contribution >= 4 is 34.1 Å². The molecule has 1 amide bonds. The molecule has 1 unspecified atom stereocenters. The van der Waals surface area contributed by atoms with Crippen LogP contribution in [0.5, 0.6) is 5.88 Å². The van der Waals surface area contributed by atoms with Gasteiger partial charge in [-0.15, -0.1) is 0 Å². The van der Waals surface area contributed by atoms with Crippen molar-refractivity contribution in [2.24, 2.45) is 5.41 Å². The highest BCUT2D eigenvalue weighted by Crippen LogP contribution is 2.48. The lowest BCUT2D eigenvalue weighted by atomic mass is 9.76. The van der Waals surface area contributed by atoms with E-state index in [4.69, 9.17) is 19.9 Å². The van der Waals surface area contributed by atoms with Gasteiger partial charge in [0.05, 0.1) is 24.9 Å². The van der Waals surface area contributed by atoms with Crippen LogP contribution in [0.3, 0.4) is 0 Å². The average molecular weight is 563 g/mol. The summed E-state index contributed by atoms with van der Waals surface area (Å²) in [6.45, 7) is 6.94. The summed E-state index contributed by atoms with van der Waals surface area (Å²) in [5.41, 5.74) is 8.97. The van der Waals surface area contributed by atoms with Crippen molar-refractivity contribution in [2.75, 3.05) is 55.8 Å². The summed E-state index contributed by atoms with van der Waals surface area (Å²) in [5.74, 6) is 0.282. The molecule has 1 spiro atoms. The molecule has 4 N–H and O–H groups in total. The minimum Gasteiger partial charge on any atom is -0.474 e. The van der Waals surface area contributed by atoms with E-state index in [0.717, 1.165) is 69.7 Å². The highest BCUT2D eigenvalue weighted by molar-refractivity contribution is 5.99. The standard InChI is InChI=1S/C30H35FN6O4/c1-17-22(13-35-28-27(17)33-6-9-40-28)21-10-18-11-24(34-14-23(18)26(32)25(21)31)36-29(38)41-20-2-3-30(12-20)4-7-37(8-5-30)19-15-39-16-19/h10-11,13-14,19-20,33H,2-9,12,15-16,32H2,1H3,(H,34,36,38). The number of amides is 1. The number of nitrogens with two attached hydrogens (primary N) is 1. The number of halogens is 1. The van der Waals surface area contributed by atoms with E-state index in [1.807, 2.05) is 6.92 Å². The summed E-state index contributed by atoms with van der Waals surface area (Å²) in [6, 6.07) is 3.98. The van der Waals surface area contributed by atoms with Crippen molar-refractivity contribution in [1.82, 2.24) is 14.9 Å². The molecule has 0 radical (unpaired) electrons. The Bertz CT molecular complexity index is 1500. The number of benzene rings is 1. The number of fused-ring (bicyclic) bond motifs is 2. The van der Waals surface area contributed by atoms with Crippen molar-refractivity contribution in [3.05, 3.63) is 35.9 Å². The number of likely N-dealkylation sites (tertiary alicyclic amines) is 1. The van der Waals surface area contributed by atoms with E-state index in [0.29, 0.717) is 52.8 Å². The lowest BCUT2D eigenvalue weighted by molar-refractivity contribution is -0.0817. The van der Waals surface area contributed by atoms with E-state index >= 15 is 4.39 Å². The second-order valence-electron chi connectivity index (χ2n) is 11.8. The van der Waals surface area contributed by atoms with E-state index in [2.05, 4.69) is 25.5 Å². The Balaban J connectivity index is 1.05. The minimum atomic E-state index is -0.539. The first kappa shape index (κ1) is 26.2. The molecule has 1 saturated carbocycles. The molecule has 0 bridgehead atoms. The van der Waals surface area contributed by atoms with Gasteiger partial charge in [-0.3, -0.25) is 10.2 Å². The van der Waals surface area contributed by atoms with Crippen LogP contribution in [0.4, 0.5) is 26.4 Å². The second kappa shape index (κ2) is 10.3. The Morgan fingerprint density at radius 2 is 2.02 bits per heavy atom. The van der Waals surface area contributed by atoms with Crippen LogP contribution < -0.4 is 21.1 Å². The van der Waals surface area contributed by atoms with Gasteiger partial charge < -0.3 is 25.3 Å². The van der Waals surface area contributed by atoms with Gasteiger partial charge in [-0.25, -0.2) is 19.2 Å². The second-order valence-corrected chi connectivity index (χ2v) is 11.8. The molecule has 10 nitrogen and oxygen atoms in total. The van der Waals surface area contributed by atoms with Crippen LogP contribution in [-0.4, -0.2) is 72.6 Å². The van der Waals surface area contributed by atoms with Crippen molar-refractivity contribution in [3.63, 3.8) is 0 Å². The number of aromatic nitrogens is 2. The number of nitrogen functional groups attached to an aromatic ring is 1. The first-order valence-electron chi connectivity index (χ1n) is 14.4. The molecule has 3 aromatic rings. The Kier molecular flexibility index (Phi) is 6.58. The van der Waals surface area contributed by atoms with Gasteiger partial charge in [-0.1, -0.05) is 0 Å². The lowest BCUT2D eigenvalue weighted by Crippen LogP contribution is -2.53. The molecule has 1 atom stereocenters. The van der Waals surface area contributed by atoms with Gasteiger partial charge in [0.1, 0.15) is 24.2 Å². The van der Waals surface area contributed by atoms with Crippen molar-refractivity contribution in [3.8, 4) is 17.0 Å². The first-order chi connectivity index (χ1) is 19.9. The van der Waals surface area contributed by atoms with Gasteiger partial charge in [0.15, 0.2) is 5.82 Å². The fraction of sp³-hybridized carbons (Fsp3) is 0.500. The molecule has 216 valence electrons. The highest BCUT2D eigenvalue weighted by Gasteiger charge is 2.44. The predicted octanol–water partition coefficient (Wildman–Crippen LogP) is 4.71. The molecule has 4 aliphatic rings. The van der Waals surface area contributed by atoms with Crippen molar-refractivity contribution in [2.45, 2.75) is 51.2 Å². The zero-order chi connectivity index (χ0) is 28.1. The zero-order valence-corrected chi connectivity index (χ0v) is 23.2. The third kappa shape index (κ3) is 4.80. The van der Waals surface area contributed by atoms with Gasteiger partial charge in [-0.05, 0) is 80.6 Å². The fourth-order valence-corrected chi connectivity index (χ4v) is 6.85. The number of anilines is 3. The lowest BCUT2D eigenvalue weighted by Gasteiger charge is -2.45.